The molecule has 8 heteroatoms. The smallest absolute Gasteiger partial charge is 0.240 e. The fraction of sp³-hybridized carbons (Fsp3) is 0.421. The van der Waals surface area contributed by atoms with Crippen LogP contribution in [-0.2, 0) is 17.9 Å². The van der Waals surface area contributed by atoms with E-state index in [1.165, 1.54) is 0 Å². The number of aromatic nitrogens is 3. The summed E-state index contributed by atoms with van der Waals surface area (Å²) >= 11 is 6.30. The molecule has 0 atom stereocenters. The van der Waals surface area contributed by atoms with Crippen molar-refractivity contribution in [3.63, 3.8) is 0 Å². The van der Waals surface area contributed by atoms with E-state index in [-0.39, 0.29) is 0 Å². The van der Waals surface area contributed by atoms with Crippen molar-refractivity contribution < 1.29 is 9.26 Å². The lowest BCUT2D eigenvalue weighted by Crippen LogP contribution is -2.46. The molecule has 1 aliphatic heterocycles. The van der Waals surface area contributed by atoms with Gasteiger partial charge in [-0.25, -0.2) is 4.98 Å². The summed E-state index contributed by atoms with van der Waals surface area (Å²) in [5.41, 5.74) is 2.11. The van der Waals surface area contributed by atoms with Crippen LogP contribution in [0, 0.1) is 6.92 Å². The van der Waals surface area contributed by atoms with Crippen LogP contribution >= 0.6 is 11.6 Å². The summed E-state index contributed by atoms with van der Waals surface area (Å²) in [6, 6.07) is 8.06. The highest BCUT2D eigenvalue weighted by molar-refractivity contribution is 6.35. The van der Waals surface area contributed by atoms with Crippen molar-refractivity contribution in [2.75, 3.05) is 38.2 Å². The molecule has 0 amide bonds. The summed E-state index contributed by atoms with van der Waals surface area (Å²) in [6.07, 6.45) is 0. The van der Waals surface area contributed by atoms with Gasteiger partial charge in [-0.2, -0.15) is 4.98 Å². The molecule has 0 radical (unpaired) electrons. The zero-order valence-corrected chi connectivity index (χ0v) is 16.2. The Morgan fingerprint density at radius 2 is 1.93 bits per heavy atom. The van der Waals surface area contributed by atoms with E-state index < -0.39 is 0 Å². The average molecular weight is 388 g/mol. The number of hydrogen-bond donors (Lipinski definition) is 0. The van der Waals surface area contributed by atoms with Gasteiger partial charge in [0.2, 0.25) is 5.89 Å². The molecule has 0 bridgehead atoms. The van der Waals surface area contributed by atoms with Crippen molar-refractivity contribution in [3.05, 3.63) is 46.6 Å². The number of rotatable bonds is 5. The number of benzene rings is 1. The number of anilines is 1. The van der Waals surface area contributed by atoms with Gasteiger partial charge >= 0.3 is 0 Å². The standard InChI is InChI=1S/C19H22ClN5O2/c1-13-3-5-15(20)14-4-6-17(22-19(13)14)25-9-7-24(8-10-25)11-18-21-16(12-26-2)23-27-18/h3-6H,7-12H2,1-2H3. The number of pyridine rings is 1. The number of nitrogens with zero attached hydrogens (tertiary/aromatic N) is 5. The third-order valence-corrected chi connectivity index (χ3v) is 5.16. The Balaban J connectivity index is 1.41. The largest absolute Gasteiger partial charge is 0.377 e. The molecule has 7 nitrogen and oxygen atoms in total. The quantitative estimate of drug-likeness (QED) is 0.666. The van der Waals surface area contributed by atoms with Crippen LogP contribution in [-0.4, -0.2) is 53.3 Å². The Morgan fingerprint density at radius 3 is 2.70 bits per heavy atom. The highest BCUT2D eigenvalue weighted by atomic mass is 35.5. The maximum Gasteiger partial charge on any atom is 0.240 e. The second-order valence-electron chi connectivity index (χ2n) is 6.73. The van der Waals surface area contributed by atoms with Crippen molar-refractivity contribution in [2.45, 2.75) is 20.1 Å². The molecule has 4 rings (SSSR count). The number of fused-ring (bicyclic) bond motifs is 1. The first kappa shape index (κ1) is 18.2. The molecule has 1 aliphatic rings. The van der Waals surface area contributed by atoms with Crippen molar-refractivity contribution in [1.29, 1.82) is 0 Å². The normalized spacial score (nSPS) is 15.6. The summed E-state index contributed by atoms with van der Waals surface area (Å²) in [4.78, 5) is 13.8. The topological polar surface area (TPSA) is 67.5 Å². The summed E-state index contributed by atoms with van der Waals surface area (Å²) < 4.78 is 10.3. The molecule has 0 spiro atoms. The van der Waals surface area contributed by atoms with E-state index in [4.69, 9.17) is 25.8 Å². The SMILES string of the molecule is COCc1noc(CN2CCN(c3ccc4c(Cl)ccc(C)c4n3)CC2)n1. The van der Waals surface area contributed by atoms with Crippen molar-refractivity contribution >= 4 is 28.3 Å². The fourth-order valence-electron chi connectivity index (χ4n) is 3.35. The van der Waals surface area contributed by atoms with Crippen molar-refractivity contribution in [2.24, 2.45) is 0 Å². The molecule has 3 aromatic rings. The minimum atomic E-state index is 0.369. The van der Waals surface area contributed by atoms with E-state index in [1.54, 1.807) is 7.11 Å². The maximum absolute atomic E-state index is 6.30. The van der Waals surface area contributed by atoms with Crippen LogP contribution in [0.25, 0.3) is 10.9 Å². The molecule has 0 aliphatic carbocycles. The summed E-state index contributed by atoms with van der Waals surface area (Å²) in [5.74, 6) is 2.21. The van der Waals surface area contributed by atoms with Gasteiger partial charge in [0, 0.05) is 43.7 Å². The first-order chi connectivity index (χ1) is 13.1. The minimum absolute atomic E-state index is 0.369. The molecule has 1 fully saturated rings. The van der Waals surface area contributed by atoms with Gasteiger partial charge in [0.25, 0.3) is 0 Å². The average Bonchev–Trinajstić information content (AvgIpc) is 3.12. The third-order valence-electron chi connectivity index (χ3n) is 4.83. The number of ether oxygens (including phenoxy) is 1. The lowest BCUT2D eigenvalue weighted by Gasteiger charge is -2.34. The molecular weight excluding hydrogens is 366 g/mol. The molecule has 142 valence electrons. The van der Waals surface area contributed by atoms with Crippen molar-refractivity contribution in [1.82, 2.24) is 20.0 Å². The molecule has 27 heavy (non-hydrogen) atoms. The van der Waals surface area contributed by atoms with E-state index >= 15 is 0 Å². The number of halogens is 1. The molecule has 1 saturated heterocycles. The fourth-order valence-corrected chi connectivity index (χ4v) is 3.57. The van der Waals surface area contributed by atoms with E-state index in [0.717, 1.165) is 53.5 Å². The van der Waals surface area contributed by atoms with E-state index in [1.807, 2.05) is 12.1 Å². The van der Waals surface area contributed by atoms with Gasteiger partial charge in [0.1, 0.15) is 12.4 Å². The minimum Gasteiger partial charge on any atom is -0.377 e. The lowest BCUT2D eigenvalue weighted by molar-refractivity contribution is 0.174. The van der Waals surface area contributed by atoms with Gasteiger partial charge in [-0.05, 0) is 30.7 Å². The van der Waals surface area contributed by atoms with Gasteiger partial charge in [-0.15, -0.1) is 0 Å². The maximum atomic E-state index is 6.30. The van der Waals surface area contributed by atoms with Crippen LogP contribution < -0.4 is 4.90 Å². The van der Waals surface area contributed by atoms with Gasteiger partial charge in [-0.3, -0.25) is 4.90 Å². The first-order valence-corrected chi connectivity index (χ1v) is 9.35. The van der Waals surface area contributed by atoms with Gasteiger partial charge in [0.05, 0.1) is 12.1 Å². The lowest BCUT2D eigenvalue weighted by atomic mass is 10.1. The predicted molar refractivity (Wildman–Crippen MR) is 104 cm³/mol. The molecule has 0 saturated carbocycles. The number of piperazine rings is 1. The van der Waals surface area contributed by atoms with Gasteiger partial charge in [-0.1, -0.05) is 22.8 Å². The second-order valence-corrected chi connectivity index (χ2v) is 7.14. The Morgan fingerprint density at radius 1 is 1.11 bits per heavy atom. The van der Waals surface area contributed by atoms with E-state index in [2.05, 4.69) is 39.0 Å². The predicted octanol–water partition coefficient (Wildman–Crippen LogP) is 3.05. The Labute approximate surface area is 162 Å². The Bertz CT molecular complexity index is 937. The van der Waals surface area contributed by atoms with Crippen LogP contribution in [0.4, 0.5) is 5.82 Å². The number of hydrogen-bond acceptors (Lipinski definition) is 7. The molecular formula is C19H22ClN5O2. The zero-order chi connectivity index (χ0) is 18.8. The highest BCUT2D eigenvalue weighted by Gasteiger charge is 2.20. The molecule has 1 aromatic carbocycles. The van der Waals surface area contributed by atoms with Crippen LogP contribution in [0.3, 0.4) is 0 Å². The molecule has 0 N–H and O–H groups in total. The van der Waals surface area contributed by atoms with Gasteiger partial charge in [0.15, 0.2) is 5.82 Å². The Hall–Kier alpha value is -2.22. The number of methoxy groups -OCH3 is 1. The van der Waals surface area contributed by atoms with Crippen LogP contribution in [0.1, 0.15) is 17.3 Å². The molecule has 3 heterocycles. The van der Waals surface area contributed by atoms with Crippen LogP contribution in [0.15, 0.2) is 28.8 Å². The first-order valence-electron chi connectivity index (χ1n) is 8.97. The summed E-state index contributed by atoms with van der Waals surface area (Å²) in [7, 11) is 1.62. The van der Waals surface area contributed by atoms with E-state index in [0.29, 0.717) is 24.9 Å². The van der Waals surface area contributed by atoms with Gasteiger partial charge < -0.3 is 14.2 Å². The van der Waals surface area contributed by atoms with Crippen molar-refractivity contribution in [3.8, 4) is 0 Å². The van der Waals surface area contributed by atoms with Crippen LogP contribution in [0.5, 0.6) is 0 Å². The van der Waals surface area contributed by atoms with Crippen LogP contribution in [0.2, 0.25) is 5.02 Å². The summed E-state index contributed by atoms with van der Waals surface area (Å²) in [6.45, 7) is 6.72. The Kier molecular flexibility index (Phi) is 5.24. The second kappa shape index (κ2) is 7.80. The van der Waals surface area contributed by atoms with E-state index in [9.17, 15) is 0 Å². The molecule has 2 aromatic heterocycles. The highest BCUT2D eigenvalue weighted by Crippen LogP contribution is 2.27. The molecule has 0 unspecified atom stereocenters. The number of aryl methyl sites for hydroxylation is 1. The third kappa shape index (κ3) is 3.90. The summed E-state index contributed by atoms with van der Waals surface area (Å²) in [5, 5.41) is 5.65. The monoisotopic (exact) mass is 387 g/mol. The zero-order valence-electron chi connectivity index (χ0n) is 15.5.